The van der Waals surface area contributed by atoms with Gasteiger partial charge in [-0.2, -0.15) is 0 Å². The zero-order valence-electron chi connectivity index (χ0n) is 15.2. The van der Waals surface area contributed by atoms with Crippen molar-refractivity contribution in [2.75, 3.05) is 43.9 Å². The molecule has 2 aliphatic rings. The first-order chi connectivity index (χ1) is 12.0. The van der Waals surface area contributed by atoms with Gasteiger partial charge in [0.15, 0.2) is 9.84 Å². The molecule has 9 heteroatoms. The Morgan fingerprint density at radius 3 is 2.62 bits per heavy atom. The van der Waals surface area contributed by atoms with E-state index < -0.39 is 9.84 Å². The fraction of sp³-hybridized carbons (Fsp3) is 0.765. The number of nitrogens with one attached hydrogen (secondary N) is 1. The van der Waals surface area contributed by atoms with E-state index in [0.717, 1.165) is 58.3 Å². The van der Waals surface area contributed by atoms with E-state index in [4.69, 9.17) is 10.1 Å². The number of nitrogens with zero attached hydrogens (tertiary/aromatic N) is 3. The largest absolute Gasteiger partial charge is 0.396 e. The number of hydrogen-bond donors (Lipinski definition) is 2. The van der Waals surface area contributed by atoms with Gasteiger partial charge in [0, 0.05) is 38.4 Å². The van der Waals surface area contributed by atoms with Crippen molar-refractivity contribution in [3.8, 4) is 0 Å². The quantitative estimate of drug-likeness (QED) is 0.765. The average Bonchev–Trinajstić information content (AvgIpc) is 2.62. The van der Waals surface area contributed by atoms with Crippen LogP contribution < -0.4 is 10.2 Å². The summed E-state index contributed by atoms with van der Waals surface area (Å²) in [6, 6.07) is 0. The maximum atomic E-state index is 12.2. The van der Waals surface area contributed by atoms with Crippen molar-refractivity contribution < 1.29 is 13.5 Å². The lowest BCUT2D eigenvalue weighted by Gasteiger charge is -2.32. The predicted octanol–water partition coefficient (Wildman–Crippen LogP) is 1.37. The molecule has 3 rings (SSSR count). The van der Waals surface area contributed by atoms with Crippen molar-refractivity contribution in [1.82, 2.24) is 15.3 Å². The summed E-state index contributed by atoms with van der Waals surface area (Å²) in [6.07, 6.45) is 7.56. The number of aliphatic hydroxyl groups excluding tert-OH is 1. The first kappa shape index (κ1) is 21.3. The van der Waals surface area contributed by atoms with Gasteiger partial charge in [-0.1, -0.05) is 0 Å². The van der Waals surface area contributed by atoms with Crippen LogP contribution in [0.1, 0.15) is 43.7 Å². The van der Waals surface area contributed by atoms with Gasteiger partial charge in [0.05, 0.1) is 11.9 Å². The summed E-state index contributed by atoms with van der Waals surface area (Å²) in [7, 11) is -3.35. The van der Waals surface area contributed by atoms with Gasteiger partial charge < -0.3 is 15.3 Å². The van der Waals surface area contributed by atoms with Crippen LogP contribution in [0, 0.1) is 5.92 Å². The van der Waals surface area contributed by atoms with E-state index in [1.807, 2.05) is 0 Å². The molecule has 2 fully saturated rings. The number of rotatable bonds is 5. The van der Waals surface area contributed by atoms with Crippen LogP contribution in [0.15, 0.2) is 11.1 Å². The lowest BCUT2D eigenvalue weighted by Crippen LogP contribution is -2.36. The SMILES string of the molecule is CS(=O)(=O)c1cnc(N2CCC(CCO)CC2)nc1C1CCCNC1.Cl. The molecule has 0 bridgehead atoms. The number of aliphatic hydroxyl groups is 1. The number of piperidine rings is 2. The Bertz CT molecular complexity index is 687. The summed E-state index contributed by atoms with van der Waals surface area (Å²) in [5.74, 6) is 1.31. The molecule has 0 radical (unpaired) electrons. The Kier molecular flexibility index (Phi) is 7.63. The van der Waals surface area contributed by atoms with Crippen LogP contribution in [0.2, 0.25) is 0 Å². The first-order valence-corrected chi connectivity index (χ1v) is 11.0. The molecule has 0 aliphatic carbocycles. The molecule has 0 spiro atoms. The second kappa shape index (κ2) is 9.30. The molecule has 2 saturated heterocycles. The van der Waals surface area contributed by atoms with Crippen LogP contribution in [0.5, 0.6) is 0 Å². The fourth-order valence-electron chi connectivity index (χ4n) is 3.79. The zero-order valence-corrected chi connectivity index (χ0v) is 16.9. The van der Waals surface area contributed by atoms with Crippen LogP contribution in [-0.4, -0.2) is 62.5 Å². The molecule has 0 aromatic carbocycles. The van der Waals surface area contributed by atoms with Crippen LogP contribution in [-0.2, 0) is 9.84 Å². The van der Waals surface area contributed by atoms with Crippen molar-refractivity contribution in [3.05, 3.63) is 11.9 Å². The number of halogens is 1. The van der Waals surface area contributed by atoms with Gasteiger partial charge in [0.1, 0.15) is 4.90 Å². The standard InChI is InChI=1S/C17H28N4O3S.ClH/c1-25(23,24)15-12-19-17(20-16(15)14-3-2-7-18-11-14)21-8-4-13(5-9-21)6-10-22;/h12-14,18,22H,2-11H2,1H3;1H. The van der Waals surface area contributed by atoms with E-state index in [1.165, 1.54) is 12.5 Å². The smallest absolute Gasteiger partial charge is 0.225 e. The van der Waals surface area contributed by atoms with Gasteiger partial charge in [-0.15, -0.1) is 12.4 Å². The molecule has 2 aliphatic heterocycles. The van der Waals surface area contributed by atoms with Crippen molar-refractivity contribution >= 4 is 28.2 Å². The number of anilines is 1. The van der Waals surface area contributed by atoms with E-state index in [1.54, 1.807) is 0 Å². The van der Waals surface area contributed by atoms with Gasteiger partial charge in [0.25, 0.3) is 0 Å². The predicted molar refractivity (Wildman–Crippen MR) is 104 cm³/mol. The van der Waals surface area contributed by atoms with Crippen LogP contribution in [0.25, 0.3) is 0 Å². The maximum Gasteiger partial charge on any atom is 0.225 e. The maximum absolute atomic E-state index is 12.2. The third kappa shape index (κ3) is 5.06. The second-order valence-electron chi connectivity index (χ2n) is 7.18. The molecule has 7 nitrogen and oxygen atoms in total. The van der Waals surface area contributed by atoms with Crippen molar-refractivity contribution in [3.63, 3.8) is 0 Å². The van der Waals surface area contributed by atoms with E-state index in [-0.39, 0.29) is 29.8 Å². The average molecular weight is 405 g/mol. The summed E-state index contributed by atoms with van der Waals surface area (Å²) in [6.45, 7) is 3.68. The van der Waals surface area contributed by atoms with Gasteiger partial charge >= 0.3 is 0 Å². The van der Waals surface area contributed by atoms with E-state index in [9.17, 15) is 8.42 Å². The van der Waals surface area contributed by atoms with E-state index >= 15 is 0 Å². The Hall–Kier alpha value is -0.960. The molecule has 1 aromatic rings. The minimum absolute atomic E-state index is 0. The molecule has 26 heavy (non-hydrogen) atoms. The van der Waals surface area contributed by atoms with Crippen LogP contribution in [0.3, 0.4) is 0 Å². The monoisotopic (exact) mass is 404 g/mol. The minimum Gasteiger partial charge on any atom is -0.396 e. The Balaban J connectivity index is 0.00000243. The number of aromatic nitrogens is 2. The highest BCUT2D eigenvalue weighted by molar-refractivity contribution is 7.90. The molecule has 1 atom stereocenters. The molecule has 1 unspecified atom stereocenters. The Labute approximate surface area is 161 Å². The molecule has 3 heterocycles. The molecule has 0 amide bonds. The Morgan fingerprint density at radius 1 is 1.31 bits per heavy atom. The van der Waals surface area contributed by atoms with Gasteiger partial charge in [-0.3, -0.25) is 0 Å². The minimum atomic E-state index is -3.35. The van der Waals surface area contributed by atoms with Crippen LogP contribution >= 0.6 is 12.4 Å². The highest BCUT2D eigenvalue weighted by atomic mass is 35.5. The summed E-state index contributed by atoms with van der Waals surface area (Å²) in [4.78, 5) is 11.5. The van der Waals surface area contributed by atoms with Gasteiger partial charge in [-0.05, 0) is 44.6 Å². The third-order valence-electron chi connectivity index (χ3n) is 5.29. The first-order valence-electron chi connectivity index (χ1n) is 9.12. The number of sulfone groups is 1. The second-order valence-corrected chi connectivity index (χ2v) is 9.16. The number of hydrogen-bond acceptors (Lipinski definition) is 7. The summed E-state index contributed by atoms with van der Waals surface area (Å²) in [5, 5.41) is 12.4. The topological polar surface area (TPSA) is 95.4 Å². The third-order valence-corrected chi connectivity index (χ3v) is 6.40. The van der Waals surface area contributed by atoms with Crippen molar-refractivity contribution in [2.45, 2.75) is 42.9 Å². The molecule has 1 aromatic heterocycles. The molecule has 0 saturated carbocycles. The highest BCUT2D eigenvalue weighted by Crippen LogP contribution is 2.30. The summed E-state index contributed by atoms with van der Waals surface area (Å²) in [5.41, 5.74) is 0.664. The molecule has 2 N–H and O–H groups in total. The van der Waals surface area contributed by atoms with Gasteiger partial charge in [-0.25, -0.2) is 18.4 Å². The lowest BCUT2D eigenvalue weighted by atomic mass is 9.94. The van der Waals surface area contributed by atoms with E-state index in [2.05, 4.69) is 15.2 Å². The zero-order chi connectivity index (χ0) is 17.9. The van der Waals surface area contributed by atoms with E-state index in [0.29, 0.717) is 17.6 Å². The normalized spacial score (nSPS) is 22.1. The summed E-state index contributed by atoms with van der Waals surface area (Å²) >= 11 is 0. The van der Waals surface area contributed by atoms with Crippen molar-refractivity contribution in [1.29, 1.82) is 0 Å². The highest BCUT2D eigenvalue weighted by Gasteiger charge is 2.27. The summed E-state index contributed by atoms with van der Waals surface area (Å²) < 4.78 is 24.3. The molecule has 148 valence electrons. The molecular weight excluding hydrogens is 376 g/mol. The van der Waals surface area contributed by atoms with Crippen molar-refractivity contribution in [2.24, 2.45) is 5.92 Å². The fourth-order valence-corrected chi connectivity index (χ4v) is 4.63. The Morgan fingerprint density at radius 2 is 2.04 bits per heavy atom. The van der Waals surface area contributed by atoms with Gasteiger partial charge in [0.2, 0.25) is 5.95 Å². The molecular formula is C17H29ClN4O3S. The lowest BCUT2D eigenvalue weighted by molar-refractivity contribution is 0.240. The van der Waals surface area contributed by atoms with Crippen LogP contribution in [0.4, 0.5) is 5.95 Å².